The smallest absolute Gasteiger partial charge is 0.0480 e. The van der Waals surface area contributed by atoms with Gasteiger partial charge in [0.05, 0.1) is 0 Å². The monoisotopic (exact) mass is 217 g/mol. The van der Waals surface area contributed by atoms with Crippen LogP contribution in [0.3, 0.4) is 0 Å². The molecular formula is C11H23NOS. The first kappa shape index (κ1) is 12.3. The molecule has 0 saturated carbocycles. The van der Waals surface area contributed by atoms with Crippen LogP contribution in [0.15, 0.2) is 0 Å². The van der Waals surface area contributed by atoms with Gasteiger partial charge in [0, 0.05) is 36.8 Å². The van der Waals surface area contributed by atoms with E-state index in [-0.39, 0.29) is 0 Å². The van der Waals surface area contributed by atoms with Gasteiger partial charge in [-0.1, -0.05) is 13.8 Å². The molecule has 0 aromatic carbocycles. The van der Waals surface area contributed by atoms with Gasteiger partial charge in [-0.15, -0.1) is 0 Å². The summed E-state index contributed by atoms with van der Waals surface area (Å²) in [5.41, 5.74) is 0. The molecule has 1 fully saturated rings. The second-order valence-corrected chi connectivity index (χ2v) is 5.48. The predicted octanol–water partition coefficient (Wildman–Crippen LogP) is 2.29. The molecule has 0 aromatic rings. The van der Waals surface area contributed by atoms with Crippen LogP contribution in [0.2, 0.25) is 0 Å². The van der Waals surface area contributed by atoms with Gasteiger partial charge in [0.15, 0.2) is 0 Å². The van der Waals surface area contributed by atoms with Crippen molar-refractivity contribution in [1.82, 2.24) is 5.32 Å². The minimum absolute atomic E-state index is 0.710. The van der Waals surface area contributed by atoms with E-state index in [0.717, 1.165) is 25.0 Å². The molecule has 0 radical (unpaired) electrons. The molecule has 3 heteroatoms. The summed E-state index contributed by atoms with van der Waals surface area (Å²) in [5, 5.41) is 4.41. The van der Waals surface area contributed by atoms with Gasteiger partial charge in [0.2, 0.25) is 0 Å². The van der Waals surface area contributed by atoms with Crippen molar-refractivity contribution in [1.29, 1.82) is 0 Å². The van der Waals surface area contributed by atoms with E-state index in [1.165, 1.54) is 25.0 Å². The number of nitrogens with one attached hydrogen (secondary N) is 1. The molecule has 0 bridgehead atoms. The highest BCUT2D eigenvalue weighted by Gasteiger charge is 2.12. The lowest BCUT2D eigenvalue weighted by Gasteiger charge is -2.23. The molecule has 1 unspecified atom stereocenters. The molecule has 1 heterocycles. The first-order valence-electron chi connectivity index (χ1n) is 5.75. The summed E-state index contributed by atoms with van der Waals surface area (Å²) in [6.07, 6.45) is 3.66. The van der Waals surface area contributed by atoms with Gasteiger partial charge in [0.1, 0.15) is 0 Å². The van der Waals surface area contributed by atoms with Crippen molar-refractivity contribution in [2.75, 3.05) is 25.5 Å². The van der Waals surface area contributed by atoms with Crippen LogP contribution in [0, 0.1) is 0 Å². The second kappa shape index (κ2) is 7.55. The summed E-state index contributed by atoms with van der Waals surface area (Å²) in [6.45, 7) is 7.59. The summed E-state index contributed by atoms with van der Waals surface area (Å²) < 4.78 is 5.32. The number of hydrogen-bond acceptors (Lipinski definition) is 3. The fraction of sp³-hybridized carbons (Fsp3) is 1.00. The second-order valence-electron chi connectivity index (χ2n) is 3.93. The molecule has 1 N–H and O–H groups in total. The molecule has 0 aromatic heterocycles. The van der Waals surface area contributed by atoms with Crippen molar-refractivity contribution in [2.24, 2.45) is 0 Å². The quantitative estimate of drug-likeness (QED) is 0.690. The molecule has 1 rings (SSSR count). The average Bonchev–Trinajstić information content (AvgIpc) is 2.25. The van der Waals surface area contributed by atoms with Crippen LogP contribution in [-0.2, 0) is 4.74 Å². The topological polar surface area (TPSA) is 21.3 Å². The van der Waals surface area contributed by atoms with Gasteiger partial charge in [0.25, 0.3) is 0 Å². The number of hydrogen-bond donors (Lipinski definition) is 1. The van der Waals surface area contributed by atoms with E-state index in [0.29, 0.717) is 6.04 Å². The first-order chi connectivity index (χ1) is 6.83. The van der Waals surface area contributed by atoms with E-state index in [4.69, 9.17) is 4.74 Å². The fourth-order valence-electron chi connectivity index (χ4n) is 1.54. The maximum absolute atomic E-state index is 5.32. The third kappa shape index (κ3) is 5.23. The summed E-state index contributed by atoms with van der Waals surface area (Å²) in [5.74, 6) is 1.24. The SMILES string of the molecule is CCC(C)SCCNC1CCOCC1. The Morgan fingerprint density at radius 3 is 2.79 bits per heavy atom. The van der Waals surface area contributed by atoms with E-state index in [1.807, 2.05) is 0 Å². The molecule has 1 aliphatic heterocycles. The van der Waals surface area contributed by atoms with Crippen molar-refractivity contribution in [3.05, 3.63) is 0 Å². The molecule has 1 saturated heterocycles. The Kier molecular flexibility index (Phi) is 6.65. The summed E-state index contributed by atoms with van der Waals surface area (Å²) in [4.78, 5) is 0. The minimum atomic E-state index is 0.710. The molecule has 14 heavy (non-hydrogen) atoms. The molecule has 2 nitrogen and oxygen atoms in total. The zero-order valence-corrected chi connectivity index (χ0v) is 10.2. The normalized spacial score (nSPS) is 21.0. The van der Waals surface area contributed by atoms with Gasteiger partial charge < -0.3 is 10.1 Å². The van der Waals surface area contributed by atoms with Crippen LogP contribution in [0.4, 0.5) is 0 Å². The Hall–Kier alpha value is 0.270. The lowest BCUT2D eigenvalue weighted by atomic mass is 10.1. The van der Waals surface area contributed by atoms with Gasteiger partial charge in [-0.25, -0.2) is 0 Å². The number of thioether (sulfide) groups is 1. The van der Waals surface area contributed by atoms with Crippen LogP contribution >= 0.6 is 11.8 Å². The molecule has 0 aliphatic carbocycles. The van der Waals surface area contributed by atoms with Gasteiger partial charge in [-0.3, -0.25) is 0 Å². The standard InChI is InChI=1S/C11H23NOS/c1-3-10(2)14-9-6-12-11-4-7-13-8-5-11/h10-12H,3-9H2,1-2H3. The highest BCUT2D eigenvalue weighted by atomic mass is 32.2. The zero-order chi connectivity index (χ0) is 10.2. The Morgan fingerprint density at radius 1 is 1.43 bits per heavy atom. The van der Waals surface area contributed by atoms with Crippen molar-refractivity contribution in [2.45, 2.75) is 44.4 Å². The number of ether oxygens (including phenoxy) is 1. The van der Waals surface area contributed by atoms with Gasteiger partial charge in [-0.05, 0) is 19.3 Å². The molecule has 84 valence electrons. The Balaban J connectivity index is 1.92. The first-order valence-corrected chi connectivity index (χ1v) is 6.80. The van der Waals surface area contributed by atoms with E-state index in [1.54, 1.807) is 0 Å². The highest BCUT2D eigenvalue weighted by Crippen LogP contribution is 2.12. The third-order valence-corrected chi connectivity index (χ3v) is 4.08. The average molecular weight is 217 g/mol. The Labute approximate surface area is 92.2 Å². The van der Waals surface area contributed by atoms with Crippen molar-refractivity contribution >= 4 is 11.8 Å². The summed E-state index contributed by atoms with van der Waals surface area (Å²) >= 11 is 2.07. The predicted molar refractivity (Wildman–Crippen MR) is 64.1 cm³/mol. The third-order valence-electron chi connectivity index (χ3n) is 2.73. The van der Waals surface area contributed by atoms with Gasteiger partial charge in [-0.2, -0.15) is 11.8 Å². The van der Waals surface area contributed by atoms with E-state index >= 15 is 0 Å². The van der Waals surface area contributed by atoms with Crippen LogP contribution in [0.1, 0.15) is 33.1 Å². The summed E-state index contributed by atoms with van der Waals surface area (Å²) in [6, 6.07) is 0.710. The molecule has 1 atom stereocenters. The molecule has 0 spiro atoms. The lowest BCUT2D eigenvalue weighted by molar-refractivity contribution is 0.0786. The van der Waals surface area contributed by atoms with Crippen LogP contribution in [0.25, 0.3) is 0 Å². The Bertz CT molecular complexity index is 137. The van der Waals surface area contributed by atoms with Crippen LogP contribution < -0.4 is 5.32 Å². The maximum atomic E-state index is 5.32. The van der Waals surface area contributed by atoms with E-state index in [9.17, 15) is 0 Å². The van der Waals surface area contributed by atoms with Crippen LogP contribution in [-0.4, -0.2) is 36.8 Å². The molecule has 0 amide bonds. The van der Waals surface area contributed by atoms with Crippen molar-refractivity contribution < 1.29 is 4.74 Å². The lowest BCUT2D eigenvalue weighted by Crippen LogP contribution is -2.36. The van der Waals surface area contributed by atoms with Gasteiger partial charge >= 0.3 is 0 Å². The van der Waals surface area contributed by atoms with Crippen LogP contribution in [0.5, 0.6) is 0 Å². The minimum Gasteiger partial charge on any atom is -0.381 e. The largest absolute Gasteiger partial charge is 0.381 e. The van der Waals surface area contributed by atoms with E-state index < -0.39 is 0 Å². The molecule has 1 aliphatic rings. The summed E-state index contributed by atoms with van der Waals surface area (Å²) in [7, 11) is 0. The maximum Gasteiger partial charge on any atom is 0.0480 e. The van der Waals surface area contributed by atoms with Crippen molar-refractivity contribution in [3.63, 3.8) is 0 Å². The highest BCUT2D eigenvalue weighted by molar-refractivity contribution is 7.99. The Morgan fingerprint density at radius 2 is 2.14 bits per heavy atom. The van der Waals surface area contributed by atoms with E-state index in [2.05, 4.69) is 30.9 Å². The molecular weight excluding hydrogens is 194 g/mol. The fourth-order valence-corrected chi connectivity index (χ4v) is 2.42. The number of rotatable bonds is 6. The zero-order valence-electron chi connectivity index (χ0n) is 9.42. The van der Waals surface area contributed by atoms with Crippen molar-refractivity contribution in [3.8, 4) is 0 Å².